The fourth-order valence-corrected chi connectivity index (χ4v) is 7.22. The summed E-state index contributed by atoms with van der Waals surface area (Å²) >= 11 is 1.60. The first-order valence-corrected chi connectivity index (χ1v) is 9.62. The normalized spacial score (nSPS) is 39.0. The van der Waals surface area contributed by atoms with Crippen molar-refractivity contribution >= 4 is 23.7 Å². The fraction of sp³-hybridized carbons (Fsp3) is 0.579. The van der Waals surface area contributed by atoms with Crippen molar-refractivity contribution in [3.63, 3.8) is 0 Å². The number of thioether (sulfide) groups is 1. The van der Waals surface area contributed by atoms with Crippen molar-refractivity contribution in [1.82, 2.24) is 0 Å². The first kappa shape index (κ1) is 18.3. The van der Waals surface area contributed by atoms with Gasteiger partial charge in [0.2, 0.25) is 0 Å². The monoisotopic (exact) mass is 363 g/mol. The lowest BCUT2D eigenvalue weighted by Crippen LogP contribution is -2.60. The number of carboxylic acid groups (broad SMARTS) is 2. The highest BCUT2D eigenvalue weighted by Gasteiger charge is 2.86. The van der Waals surface area contributed by atoms with Gasteiger partial charge in [0.15, 0.2) is 0 Å². The summed E-state index contributed by atoms with van der Waals surface area (Å²) in [6, 6.07) is 8.02. The molecule has 3 rings (SSSR count). The minimum absolute atomic E-state index is 0.103. The van der Waals surface area contributed by atoms with Crippen LogP contribution in [0.2, 0.25) is 0 Å². The van der Waals surface area contributed by atoms with Crippen LogP contribution in [-0.4, -0.2) is 32.9 Å². The van der Waals surface area contributed by atoms with Crippen molar-refractivity contribution in [1.29, 1.82) is 0 Å². The molecule has 2 fully saturated rings. The van der Waals surface area contributed by atoms with E-state index in [2.05, 4.69) is 6.07 Å². The average molecular weight is 363 g/mol. The lowest BCUT2D eigenvalue weighted by Gasteiger charge is -2.38. The molecule has 0 spiro atoms. The van der Waals surface area contributed by atoms with Crippen molar-refractivity contribution in [3.05, 3.63) is 29.8 Å². The topological polar surface area (TPSA) is 101 Å². The van der Waals surface area contributed by atoms with Crippen LogP contribution in [0.5, 0.6) is 0 Å². The van der Waals surface area contributed by atoms with Crippen LogP contribution in [-0.2, 0) is 9.59 Å². The molecule has 136 valence electrons. The maximum atomic E-state index is 12.2. The third kappa shape index (κ3) is 2.27. The lowest BCUT2D eigenvalue weighted by atomic mass is 9.71. The van der Waals surface area contributed by atoms with Gasteiger partial charge in [-0.15, -0.1) is 11.8 Å². The number of carbonyl (C=O) groups is 2. The smallest absolute Gasteiger partial charge is 0.324 e. The Morgan fingerprint density at radius 2 is 1.96 bits per heavy atom. The van der Waals surface area contributed by atoms with E-state index >= 15 is 0 Å². The molecule has 2 aliphatic carbocycles. The van der Waals surface area contributed by atoms with Crippen molar-refractivity contribution < 1.29 is 19.8 Å². The van der Waals surface area contributed by atoms with Crippen molar-refractivity contribution in [2.45, 2.75) is 49.3 Å². The Morgan fingerprint density at radius 3 is 2.44 bits per heavy atom. The standard InChI is InChI=1S/C19H25NO4S/c1-4-12-15(25-11-8-6-7-10(3)9-11)13-14(16(21)22)18(13,5-2)19(12,20)17(23)24/h6-9,12-15H,4-5,20H2,1-3H3,(H,21,22)(H,23,24). The predicted molar refractivity (Wildman–Crippen MR) is 96.5 cm³/mol. The van der Waals surface area contributed by atoms with Gasteiger partial charge in [0.25, 0.3) is 0 Å². The molecule has 5 nitrogen and oxygen atoms in total. The largest absolute Gasteiger partial charge is 0.481 e. The molecular weight excluding hydrogens is 338 g/mol. The zero-order valence-corrected chi connectivity index (χ0v) is 15.5. The van der Waals surface area contributed by atoms with Gasteiger partial charge in [-0.1, -0.05) is 31.5 Å². The van der Waals surface area contributed by atoms with Gasteiger partial charge in [0, 0.05) is 21.5 Å². The summed E-state index contributed by atoms with van der Waals surface area (Å²) < 4.78 is 0. The van der Waals surface area contributed by atoms with Gasteiger partial charge in [0.1, 0.15) is 5.54 Å². The quantitative estimate of drug-likeness (QED) is 0.718. The van der Waals surface area contributed by atoms with E-state index in [1.54, 1.807) is 11.8 Å². The molecule has 0 amide bonds. The summed E-state index contributed by atoms with van der Waals surface area (Å²) in [5, 5.41) is 19.6. The van der Waals surface area contributed by atoms with E-state index in [-0.39, 0.29) is 17.1 Å². The van der Waals surface area contributed by atoms with Crippen LogP contribution in [0, 0.1) is 30.1 Å². The van der Waals surface area contributed by atoms with Gasteiger partial charge in [-0.25, -0.2) is 0 Å². The van der Waals surface area contributed by atoms with E-state index in [1.807, 2.05) is 39.0 Å². The van der Waals surface area contributed by atoms with Crippen molar-refractivity contribution in [2.24, 2.45) is 28.9 Å². The van der Waals surface area contributed by atoms with Gasteiger partial charge >= 0.3 is 11.9 Å². The molecule has 0 heterocycles. The highest BCUT2D eigenvalue weighted by atomic mass is 32.2. The van der Waals surface area contributed by atoms with E-state index in [1.165, 1.54) is 0 Å². The zero-order valence-electron chi connectivity index (χ0n) is 14.7. The van der Waals surface area contributed by atoms with Crippen LogP contribution in [0.25, 0.3) is 0 Å². The second-order valence-corrected chi connectivity index (χ2v) is 8.57. The fourth-order valence-electron chi connectivity index (χ4n) is 5.37. The average Bonchev–Trinajstić information content (AvgIpc) is 3.19. The first-order chi connectivity index (χ1) is 11.8. The molecule has 0 aliphatic heterocycles. The van der Waals surface area contributed by atoms with Crippen molar-refractivity contribution in [3.8, 4) is 0 Å². The van der Waals surface area contributed by atoms with E-state index < -0.39 is 28.8 Å². The Morgan fingerprint density at radius 1 is 1.28 bits per heavy atom. The Labute approximate surface area is 152 Å². The summed E-state index contributed by atoms with van der Waals surface area (Å²) in [5.41, 5.74) is 5.29. The molecule has 6 unspecified atom stereocenters. The molecule has 6 atom stereocenters. The number of carboxylic acids is 2. The van der Waals surface area contributed by atoms with Crippen LogP contribution in [0.15, 0.2) is 29.2 Å². The van der Waals surface area contributed by atoms with Gasteiger partial charge in [-0.2, -0.15) is 0 Å². The molecule has 1 aromatic rings. The van der Waals surface area contributed by atoms with E-state index in [0.717, 1.165) is 10.5 Å². The molecule has 0 saturated heterocycles. The van der Waals surface area contributed by atoms with Gasteiger partial charge < -0.3 is 15.9 Å². The summed E-state index contributed by atoms with van der Waals surface area (Å²) in [7, 11) is 0. The number of rotatable bonds is 6. The van der Waals surface area contributed by atoms with Gasteiger partial charge in [-0.05, 0) is 37.8 Å². The van der Waals surface area contributed by atoms with E-state index in [4.69, 9.17) is 5.73 Å². The van der Waals surface area contributed by atoms with Crippen LogP contribution < -0.4 is 5.73 Å². The predicted octanol–water partition coefficient (Wildman–Crippen LogP) is 3.00. The highest BCUT2D eigenvalue weighted by Crippen LogP contribution is 2.77. The molecule has 25 heavy (non-hydrogen) atoms. The Balaban J connectivity index is 2.06. The molecular formula is C19H25NO4S. The number of aryl methyl sites for hydroxylation is 1. The number of nitrogens with two attached hydrogens (primary N) is 1. The van der Waals surface area contributed by atoms with Crippen LogP contribution in [0.4, 0.5) is 0 Å². The van der Waals surface area contributed by atoms with Gasteiger partial charge in [0.05, 0.1) is 5.92 Å². The molecule has 0 bridgehead atoms. The summed E-state index contributed by atoms with van der Waals surface area (Å²) in [6.45, 7) is 5.82. The summed E-state index contributed by atoms with van der Waals surface area (Å²) in [6.07, 6.45) is 1.09. The Bertz CT molecular complexity index is 723. The second kappa shape index (κ2) is 6.02. The Kier molecular flexibility index (Phi) is 4.40. The SMILES string of the molecule is CCC1C(Sc2cccc(C)c2)C2C(C(=O)O)C2(CC)C1(N)C(=O)O. The van der Waals surface area contributed by atoms with E-state index in [0.29, 0.717) is 12.8 Å². The third-order valence-corrected chi connectivity index (χ3v) is 7.83. The molecule has 1 aromatic carbocycles. The lowest BCUT2D eigenvalue weighted by molar-refractivity contribution is -0.150. The zero-order chi connectivity index (χ0) is 18.6. The number of aliphatic carboxylic acids is 2. The molecule has 0 radical (unpaired) electrons. The first-order valence-electron chi connectivity index (χ1n) is 8.74. The van der Waals surface area contributed by atoms with Gasteiger partial charge in [-0.3, -0.25) is 9.59 Å². The molecule has 0 aromatic heterocycles. The number of benzene rings is 1. The maximum absolute atomic E-state index is 12.2. The van der Waals surface area contributed by atoms with Crippen LogP contribution in [0.1, 0.15) is 32.3 Å². The maximum Gasteiger partial charge on any atom is 0.324 e. The minimum atomic E-state index is -1.49. The summed E-state index contributed by atoms with van der Waals surface area (Å²) in [4.78, 5) is 25.1. The number of hydrogen-bond acceptors (Lipinski definition) is 4. The molecule has 2 saturated carbocycles. The number of hydrogen-bond donors (Lipinski definition) is 3. The minimum Gasteiger partial charge on any atom is -0.481 e. The summed E-state index contributed by atoms with van der Waals surface area (Å²) in [5.74, 6) is -3.12. The third-order valence-electron chi connectivity index (χ3n) is 6.41. The molecule has 4 N–H and O–H groups in total. The second-order valence-electron chi connectivity index (χ2n) is 7.32. The number of fused-ring (bicyclic) bond motifs is 1. The molecule has 6 heteroatoms. The van der Waals surface area contributed by atoms with Crippen LogP contribution in [0.3, 0.4) is 0 Å². The highest BCUT2D eigenvalue weighted by molar-refractivity contribution is 8.00. The van der Waals surface area contributed by atoms with Crippen molar-refractivity contribution in [2.75, 3.05) is 0 Å². The van der Waals surface area contributed by atoms with E-state index in [9.17, 15) is 19.8 Å². The Hall–Kier alpha value is -1.53. The van der Waals surface area contributed by atoms with Crippen LogP contribution >= 0.6 is 11.8 Å². The molecule has 2 aliphatic rings.